The lowest BCUT2D eigenvalue weighted by atomic mass is 9.94. The monoisotopic (exact) mass is 378 g/mol. The molecule has 7 heteroatoms. The smallest absolute Gasteiger partial charge is 0.340 e. The molecule has 1 aliphatic carbocycles. The number of fused-ring (bicyclic) bond motifs is 2. The molecule has 7 nitrogen and oxygen atoms in total. The van der Waals surface area contributed by atoms with Crippen LogP contribution in [0.5, 0.6) is 11.5 Å². The van der Waals surface area contributed by atoms with Gasteiger partial charge in [-0.3, -0.25) is 4.79 Å². The quantitative estimate of drug-likeness (QED) is 0.680. The first-order valence-electron chi connectivity index (χ1n) is 9.02. The number of ether oxygens (including phenoxy) is 3. The van der Waals surface area contributed by atoms with E-state index in [4.69, 9.17) is 14.2 Å². The second-order valence-electron chi connectivity index (χ2n) is 7.06. The van der Waals surface area contributed by atoms with Crippen molar-refractivity contribution in [2.45, 2.75) is 18.3 Å². The normalized spacial score (nSPS) is 16.0. The van der Waals surface area contributed by atoms with Gasteiger partial charge in [0.1, 0.15) is 0 Å². The van der Waals surface area contributed by atoms with Crippen molar-refractivity contribution in [3.63, 3.8) is 0 Å². The summed E-state index contributed by atoms with van der Waals surface area (Å²) in [5.74, 6) is 0.802. The van der Waals surface area contributed by atoms with Gasteiger partial charge in [0.25, 0.3) is 0 Å². The van der Waals surface area contributed by atoms with Crippen molar-refractivity contribution in [2.24, 2.45) is 0 Å². The molecule has 1 fully saturated rings. The van der Waals surface area contributed by atoms with E-state index in [9.17, 15) is 9.59 Å². The fourth-order valence-corrected chi connectivity index (χ4v) is 3.73. The number of carbonyl (C=O) groups is 2. The first kappa shape index (κ1) is 16.7. The van der Waals surface area contributed by atoms with E-state index in [-0.39, 0.29) is 12.7 Å². The Morgan fingerprint density at radius 3 is 2.71 bits per heavy atom. The molecule has 0 saturated heterocycles. The predicted molar refractivity (Wildman–Crippen MR) is 102 cm³/mol. The first-order valence-corrected chi connectivity index (χ1v) is 9.02. The minimum absolute atomic E-state index is 0.0999. The summed E-state index contributed by atoms with van der Waals surface area (Å²) in [6, 6.07) is 11.0. The molecule has 0 radical (unpaired) electrons. The van der Waals surface area contributed by atoms with E-state index in [0.717, 1.165) is 23.8 Å². The summed E-state index contributed by atoms with van der Waals surface area (Å²) in [5.41, 5.74) is 1.95. The molecule has 5 rings (SSSR count). The van der Waals surface area contributed by atoms with Crippen LogP contribution >= 0.6 is 0 Å². The molecule has 1 saturated carbocycles. The summed E-state index contributed by atoms with van der Waals surface area (Å²) < 4.78 is 15.7. The number of benzene rings is 2. The molecular formula is C21H18N2O5. The van der Waals surface area contributed by atoms with Crippen LogP contribution in [0.15, 0.2) is 42.6 Å². The second-order valence-corrected chi connectivity index (χ2v) is 7.06. The van der Waals surface area contributed by atoms with Crippen LogP contribution in [0.2, 0.25) is 0 Å². The molecule has 2 aliphatic rings. The zero-order valence-corrected chi connectivity index (χ0v) is 15.2. The van der Waals surface area contributed by atoms with Gasteiger partial charge in [0.2, 0.25) is 12.7 Å². The number of hydrogen-bond donors (Lipinski definition) is 2. The standard InChI is InChI=1S/C21H18N2O5/c1-26-19(24)15-10-14(8-12-4-7-22-18(12)15)23-20(25)21(5-6-21)13-2-3-16-17(9-13)28-11-27-16/h2-4,7-10,22H,5-6,11H2,1H3,(H,23,25). The first-order chi connectivity index (χ1) is 13.6. The predicted octanol–water partition coefficient (Wildman–Crippen LogP) is 3.35. The second kappa shape index (κ2) is 6.02. The summed E-state index contributed by atoms with van der Waals surface area (Å²) >= 11 is 0. The lowest BCUT2D eigenvalue weighted by Gasteiger charge is -2.17. The van der Waals surface area contributed by atoms with Crippen molar-refractivity contribution < 1.29 is 23.8 Å². The number of H-pyrrole nitrogens is 1. The molecule has 3 aromatic rings. The highest BCUT2D eigenvalue weighted by Crippen LogP contribution is 2.51. The number of carbonyl (C=O) groups excluding carboxylic acids is 2. The zero-order chi connectivity index (χ0) is 19.3. The lowest BCUT2D eigenvalue weighted by molar-refractivity contribution is -0.118. The van der Waals surface area contributed by atoms with Gasteiger partial charge in [0.05, 0.1) is 23.6 Å². The molecule has 0 unspecified atom stereocenters. The van der Waals surface area contributed by atoms with Crippen molar-refractivity contribution in [3.05, 3.63) is 53.7 Å². The van der Waals surface area contributed by atoms with Gasteiger partial charge in [0, 0.05) is 17.3 Å². The Balaban J connectivity index is 1.46. The highest BCUT2D eigenvalue weighted by molar-refractivity contribution is 6.07. The molecule has 1 aromatic heterocycles. The molecule has 142 valence electrons. The summed E-state index contributed by atoms with van der Waals surface area (Å²) in [6.07, 6.45) is 3.27. The summed E-state index contributed by atoms with van der Waals surface area (Å²) in [5, 5.41) is 3.80. The maximum atomic E-state index is 13.1. The Kier molecular flexibility index (Phi) is 3.58. The van der Waals surface area contributed by atoms with Crippen LogP contribution in [0.1, 0.15) is 28.8 Å². The van der Waals surface area contributed by atoms with Crippen molar-refractivity contribution in [2.75, 3.05) is 19.2 Å². The van der Waals surface area contributed by atoms with Crippen molar-refractivity contribution in [3.8, 4) is 11.5 Å². The third kappa shape index (κ3) is 2.51. The number of esters is 1. The number of nitrogens with one attached hydrogen (secondary N) is 2. The van der Waals surface area contributed by atoms with E-state index >= 15 is 0 Å². The van der Waals surface area contributed by atoms with Gasteiger partial charge in [-0.25, -0.2) is 4.79 Å². The Morgan fingerprint density at radius 2 is 1.93 bits per heavy atom. The maximum Gasteiger partial charge on any atom is 0.340 e. The molecule has 0 bridgehead atoms. The van der Waals surface area contributed by atoms with E-state index in [0.29, 0.717) is 28.3 Å². The lowest BCUT2D eigenvalue weighted by Crippen LogP contribution is -2.27. The molecule has 2 N–H and O–H groups in total. The molecule has 2 heterocycles. The SMILES string of the molecule is COC(=O)c1cc(NC(=O)C2(c3ccc4c(c3)OCO4)CC2)cc2cc[nH]c12. The summed E-state index contributed by atoms with van der Waals surface area (Å²) in [6.45, 7) is 0.199. The minimum Gasteiger partial charge on any atom is -0.465 e. The summed E-state index contributed by atoms with van der Waals surface area (Å²) in [4.78, 5) is 28.3. The Bertz CT molecular complexity index is 1110. The van der Waals surface area contributed by atoms with Gasteiger partial charge < -0.3 is 24.5 Å². The molecule has 1 amide bonds. The number of amides is 1. The number of aromatic nitrogens is 1. The van der Waals surface area contributed by atoms with Crippen molar-refractivity contribution in [1.29, 1.82) is 0 Å². The number of anilines is 1. The molecular weight excluding hydrogens is 360 g/mol. The fraction of sp³-hybridized carbons (Fsp3) is 0.238. The van der Waals surface area contributed by atoms with Gasteiger partial charge in [-0.2, -0.15) is 0 Å². The van der Waals surface area contributed by atoms with Crippen LogP contribution in [0.3, 0.4) is 0 Å². The van der Waals surface area contributed by atoms with Crippen LogP contribution in [0, 0.1) is 0 Å². The van der Waals surface area contributed by atoms with E-state index in [2.05, 4.69) is 10.3 Å². The van der Waals surface area contributed by atoms with Crippen LogP contribution in [0.4, 0.5) is 5.69 Å². The van der Waals surface area contributed by atoms with Crippen molar-refractivity contribution in [1.82, 2.24) is 4.98 Å². The Morgan fingerprint density at radius 1 is 1.11 bits per heavy atom. The van der Waals surface area contributed by atoms with Crippen LogP contribution in [0.25, 0.3) is 10.9 Å². The Hall–Kier alpha value is -3.48. The van der Waals surface area contributed by atoms with E-state index < -0.39 is 11.4 Å². The van der Waals surface area contributed by atoms with Crippen LogP contribution in [-0.2, 0) is 14.9 Å². The van der Waals surface area contributed by atoms with Gasteiger partial charge in [0.15, 0.2) is 11.5 Å². The zero-order valence-electron chi connectivity index (χ0n) is 15.2. The highest BCUT2D eigenvalue weighted by Gasteiger charge is 2.51. The van der Waals surface area contributed by atoms with Gasteiger partial charge >= 0.3 is 5.97 Å². The third-order valence-electron chi connectivity index (χ3n) is 5.43. The molecule has 0 atom stereocenters. The maximum absolute atomic E-state index is 13.1. The molecule has 28 heavy (non-hydrogen) atoms. The Labute approximate surface area is 160 Å². The highest BCUT2D eigenvalue weighted by atomic mass is 16.7. The minimum atomic E-state index is -0.584. The van der Waals surface area contributed by atoms with Crippen LogP contribution in [-0.4, -0.2) is 30.8 Å². The van der Waals surface area contributed by atoms with Crippen LogP contribution < -0.4 is 14.8 Å². The average Bonchev–Trinajstić information content (AvgIpc) is 3.16. The number of rotatable bonds is 4. The number of aromatic amines is 1. The number of methoxy groups -OCH3 is 1. The van der Waals surface area contributed by atoms with Gasteiger partial charge in [-0.1, -0.05) is 6.07 Å². The largest absolute Gasteiger partial charge is 0.465 e. The van der Waals surface area contributed by atoms with E-state index in [1.54, 1.807) is 12.3 Å². The average molecular weight is 378 g/mol. The molecule has 1 aliphatic heterocycles. The number of hydrogen-bond acceptors (Lipinski definition) is 5. The topological polar surface area (TPSA) is 89.7 Å². The fourth-order valence-electron chi connectivity index (χ4n) is 3.73. The van der Waals surface area contributed by atoms with Crippen molar-refractivity contribution >= 4 is 28.5 Å². The van der Waals surface area contributed by atoms with E-state index in [1.165, 1.54) is 7.11 Å². The van der Waals surface area contributed by atoms with Gasteiger partial charge in [-0.05, 0) is 48.7 Å². The summed E-state index contributed by atoms with van der Waals surface area (Å²) in [7, 11) is 1.33. The third-order valence-corrected chi connectivity index (χ3v) is 5.43. The molecule has 0 spiro atoms. The van der Waals surface area contributed by atoms with Gasteiger partial charge in [-0.15, -0.1) is 0 Å². The van der Waals surface area contributed by atoms with E-state index in [1.807, 2.05) is 30.3 Å². The molecule has 2 aromatic carbocycles.